The molecule has 1 saturated carbocycles. The van der Waals surface area contributed by atoms with E-state index in [4.69, 9.17) is 9.47 Å². The van der Waals surface area contributed by atoms with Gasteiger partial charge in [0, 0.05) is 12.1 Å². The molecule has 5 heteroatoms. The zero-order valence-corrected chi connectivity index (χ0v) is 14.8. The molecule has 1 amide bonds. The normalized spacial score (nSPS) is 26.8. The molecule has 1 aliphatic heterocycles. The van der Waals surface area contributed by atoms with E-state index in [2.05, 4.69) is 6.92 Å². The summed E-state index contributed by atoms with van der Waals surface area (Å²) in [6, 6.07) is 0.277. The van der Waals surface area contributed by atoms with Crippen LogP contribution in [0.4, 0.5) is 4.79 Å². The first kappa shape index (κ1) is 18.1. The van der Waals surface area contributed by atoms with Gasteiger partial charge in [0.05, 0.1) is 19.6 Å². The molecular weight excluding hydrogens is 294 g/mol. The Morgan fingerprint density at radius 1 is 1.13 bits per heavy atom. The lowest BCUT2D eigenvalue weighted by atomic mass is 9.77. The maximum absolute atomic E-state index is 12.3. The zero-order chi connectivity index (χ0) is 16.8. The van der Waals surface area contributed by atoms with Gasteiger partial charge in [-0.15, -0.1) is 0 Å². The maximum atomic E-state index is 12.3. The molecule has 1 aliphatic carbocycles. The summed E-state index contributed by atoms with van der Waals surface area (Å²) in [5.74, 6) is 0.198. The van der Waals surface area contributed by atoms with Crippen LogP contribution in [-0.4, -0.2) is 42.8 Å². The molecule has 2 rings (SSSR count). The van der Waals surface area contributed by atoms with Crippen LogP contribution in [-0.2, 0) is 14.3 Å². The van der Waals surface area contributed by atoms with E-state index in [0.29, 0.717) is 18.9 Å². The molecule has 0 aromatic rings. The first-order chi connectivity index (χ1) is 11.1. The molecule has 23 heavy (non-hydrogen) atoms. The highest BCUT2D eigenvalue weighted by atomic mass is 16.6. The number of ether oxygens (including phenoxy) is 2. The standard InChI is InChI=1S/C18H31NO4/c1-4-23-18(21)19-13(2)10-11-15(19)12-16(17(20)22-3)14-8-6-5-7-9-14/h13-16H,4-12H2,1-3H3. The van der Waals surface area contributed by atoms with Crippen molar-refractivity contribution in [3.8, 4) is 0 Å². The molecule has 0 aromatic heterocycles. The van der Waals surface area contributed by atoms with Gasteiger partial charge in [0.25, 0.3) is 0 Å². The number of carbonyl (C=O) groups is 2. The summed E-state index contributed by atoms with van der Waals surface area (Å²) in [6.07, 6.45) is 8.24. The molecule has 0 aromatic carbocycles. The second-order valence-electron chi connectivity index (χ2n) is 6.95. The molecule has 1 heterocycles. The first-order valence-electron chi connectivity index (χ1n) is 9.11. The zero-order valence-electron chi connectivity index (χ0n) is 14.8. The Morgan fingerprint density at radius 2 is 1.83 bits per heavy atom. The van der Waals surface area contributed by atoms with E-state index >= 15 is 0 Å². The number of nitrogens with zero attached hydrogens (tertiary/aromatic N) is 1. The van der Waals surface area contributed by atoms with Crippen molar-refractivity contribution in [1.82, 2.24) is 4.90 Å². The van der Waals surface area contributed by atoms with E-state index in [-0.39, 0.29) is 30.1 Å². The summed E-state index contributed by atoms with van der Waals surface area (Å²) in [5.41, 5.74) is 0. The van der Waals surface area contributed by atoms with Crippen molar-refractivity contribution in [2.24, 2.45) is 11.8 Å². The van der Waals surface area contributed by atoms with Crippen LogP contribution in [0.15, 0.2) is 0 Å². The number of likely N-dealkylation sites (tertiary alicyclic amines) is 1. The molecule has 2 fully saturated rings. The predicted octanol–water partition coefficient (Wildman–Crippen LogP) is 3.76. The smallest absolute Gasteiger partial charge is 0.410 e. The average molecular weight is 325 g/mol. The minimum Gasteiger partial charge on any atom is -0.469 e. The van der Waals surface area contributed by atoms with E-state index < -0.39 is 0 Å². The van der Waals surface area contributed by atoms with Crippen molar-refractivity contribution in [2.45, 2.75) is 77.3 Å². The molecule has 3 unspecified atom stereocenters. The number of methoxy groups -OCH3 is 1. The molecular formula is C18H31NO4. The average Bonchev–Trinajstić information content (AvgIpc) is 2.93. The van der Waals surface area contributed by atoms with Gasteiger partial charge in [-0.3, -0.25) is 4.79 Å². The van der Waals surface area contributed by atoms with Gasteiger partial charge in [-0.25, -0.2) is 4.79 Å². The van der Waals surface area contributed by atoms with E-state index in [1.807, 2.05) is 11.8 Å². The molecule has 0 radical (unpaired) electrons. The van der Waals surface area contributed by atoms with E-state index in [9.17, 15) is 9.59 Å². The summed E-state index contributed by atoms with van der Waals surface area (Å²) in [5, 5.41) is 0. The number of rotatable bonds is 5. The van der Waals surface area contributed by atoms with Gasteiger partial charge < -0.3 is 14.4 Å². The van der Waals surface area contributed by atoms with E-state index in [1.54, 1.807) is 0 Å². The minimum absolute atomic E-state index is 0.0903. The Bertz CT molecular complexity index is 406. The second-order valence-corrected chi connectivity index (χ2v) is 6.95. The quantitative estimate of drug-likeness (QED) is 0.722. The highest BCUT2D eigenvalue weighted by molar-refractivity contribution is 5.73. The fourth-order valence-corrected chi connectivity index (χ4v) is 4.29. The first-order valence-corrected chi connectivity index (χ1v) is 9.11. The number of esters is 1. The van der Waals surface area contributed by atoms with Crippen molar-refractivity contribution in [2.75, 3.05) is 13.7 Å². The van der Waals surface area contributed by atoms with Crippen LogP contribution in [0.3, 0.4) is 0 Å². The van der Waals surface area contributed by atoms with Gasteiger partial charge in [0.15, 0.2) is 0 Å². The Hall–Kier alpha value is -1.26. The lowest BCUT2D eigenvalue weighted by Gasteiger charge is -2.33. The molecule has 1 saturated heterocycles. The summed E-state index contributed by atoms with van der Waals surface area (Å²) >= 11 is 0. The number of hydrogen-bond acceptors (Lipinski definition) is 4. The third-order valence-electron chi connectivity index (χ3n) is 5.51. The summed E-state index contributed by atoms with van der Waals surface area (Å²) in [4.78, 5) is 26.4. The van der Waals surface area contributed by atoms with Crippen LogP contribution in [0.5, 0.6) is 0 Å². The Kier molecular flexibility index (Phi) is 6.72. The van der Waals surface area contributed by atoms with Crippen LogP contribution in [0.1, 0.15) is 65.2 Å². The fraction of sp³-hybridized carbons (Fsp3) is 0.889. The SMILES string of the molecule is CCOC(=O)N1C(C)CCC1CC(C(=O)OC)C1CCCCC1. The van der Waals surface area contributed by atoms with Gasteiger partial charge in [-0.2, -0.15) is 0 Å². The van der Waals surface area contributed by atoms with Crippen molar-refractivity contribution in [1.29, 1.82) is 0 Å². The van der Waals surface area contributed by atoms with Crippen LogP contribution >= 0.6 is 0 Å². The second kappa shape index (κ2) is 8.55. The minimum atomic E-state index is -0.241. The van der Waals surface area contributed by atoms with Crippen molar-refractivity contribution < 1.29 is 19.1 Å². The molecule has 2 aliphatic rings. The maximum Gasteiger partial charge on any atom is 0.410 e. The highest BCUT2D eigenvalue weighted by Gasteiger charge is 2.40. The topological polar surface area (TPSA) is 55.8 Å². The summed E-state index contributed by atoms with van der Waals surface area (Å²) in [6.45, 7) is 4.27. The van der Waals surface area contributed by atoms with Gasteiger partial charge in [-0.1, -0.05) is 19.3 Å². The molecule has 5 nitrogen and oxygen atoms in total. The number of hydrogen-bond donors (Lipinski definition) is 0. The lowest BCUT2D eigenvalue weighted by Crippen LogP contribution is -2.43. The van der Waals surface area contributed by atoms with Crippen molar-refractivity contribution >= 4 is 12.1 Å². The molecule has 132 valence electrons. The molecule has 0 spiro atoms. The van der Waals surface area contributed by atoms with Crippen LogP contribution in [0.2, 0.25) is 0 Å². The van der Waals surface area contributed by atoms with Crippen LogP contribution < -0.4 is 0 Å². The van der Waals surface area contributed by atoms with Crippen LogP contribution in [0, 0.1) is 11.8 Å². The molecule has 3 atom stereocenters. The van der Waals surface area contributed by atoms with E-state index in [0.717, 1.165) is 25.7 Å². The van der Waals surface area contributed by atoms with Gasteiger partial charge in [0.2, 0.25) is 0 Å². The van der Waals surface area contributed by atoms with Crippen LogP contribution in [0.25, 0.3) is 0 Å². The van der Waals surface area contributed by atoms with Gasteiger partial charge >= 0.3 is 12.1 Å². The molecule has 0 N–H and O–H groups in total. The number of carbonyl (C=O) groups excluding carboxylic acids is 2. The Labute approximate surface area is 139 Å². The highest BCUT2D eigenvalue weighted by Crippen LogP contribution is 2.37. The monoisotopic (exact) mass is 325 g/mol. The summed E-state index contributed by atoms with van der Waals surface area (Å²) < 4.78 is 10.3. The Morgan fingerprint density at radius 3 is 2.43 bits per heavy atom. The Balaban J connectivity index is 2.07. The van der Waals surface area contributed by atoms with Crippen molar-refractivity contribution in [3.63, 3.8) is 0 Å². The number of amides is 1. The van der Waals surface area contributed by atoms with Gasteiger partial charge in [-0.05, 0) is 51.9 Å². The largest absolute Gasteiger partial charge is 0.469 e. The van der Waals surface area contributed by atoms with Crippen molar-refractivity contribution in [3.05, 3.63) is 0 Å². The van der Waals surface area contributed by atoms with Gasteiger partial charge in [0.1, 0.15) is 0 Å². The lowest BCUT2D eigenvalue weighted by molar-refractivity contribution is -0.148. The third kappa shape index (κ3) is 4.39. The van der Waals surface area contributed by atoms with E-state index in [1.165, 1.54) is 26.4 Å². The molecule has 0 bridgehead atoms. The predicted molar refractivity (Wildman–Crippen MR) is 88.0 cm³/mol. The fourth-order valence-electron chi connectivity index (χ4n) is 4.29. The third-order valence-corrected chi connectivity index (χ3v) is 5.51. The summed E-state index contributed by atoms with van der Waals surface area (Å²) in [7, 11) is 1.47.